The first kappa shape index (κ1) is 24.4. The zero-order valence-corrected chi connectivity index (χ0v) is 20.0. The number of hydrogen-bond acceptors (Lipinski definition) is 5. The van der Waals surface area contributed by atoms with E-state index in [4.69, 9.17) is 14.6 Å². The van der Waals surface area contributed by atoms with Gasteiger partial charge in [0.2, 0.25) is 5.88 Å². The quantitative estimate of drug-likeness (QED) is 0.384. The number of nitrogens with zero attached hydrogens (tertiary/aromatic N) is 3. The van der Waals surface area contributed by atoms with Crippen LogP contribution in [-0.2, 0) is 17.7 Å². The van der Waals surface area contributed by atoms with E-state index < -0.39 is 11.9 Å². The summed E-state index contributed by atoms with van der Waals surface area (Å²) in [5.41, 5.74) is 2.66. The number of halogens is 1. The van der Waals surface area contributed by atoms with Crippen LogP contribution >= 0.6 is 0 Å². The highest BCUT2D eigenvalue weighted by molar-refractivity contribution is 5.44. The molecule has 0 saturated heterocycles. The van der Waals surface area contributed by atoms with Crippen molar-refractivity contribution in [3.8, 4) is 17.3 Å². The van der Waals surface area contributed by atoms with Crippen LogP contribution in [0.25, 0.3) is 5.69 Å². The summed E-state index contributed by atoms with van der Waals surface area (Å²) >= 11 is 0. The van der Waals surface area contributed by atoms with Gasteiger partial charge in [-0.25, -0.2) is 9.07 Å². The highest BCUT2D eigenvalue weighted by Crippen LogP contribution is 2.35. The third kappa shape index (κ3) is 6.23. The number of para-hydroxylation sites is 2. The topological polar surface area (TPSA) is 59.8 Å². The third-order valence-corrected chi connectivity index (χ3v) is 5.98. The van der Waals surface area contributed by atoms with Crippen LogP contribution in [0, 0.1) is 11.7 Å². The Morgan fingerprint density at radius 3 is 2.53 bits per heavy atom. The van der Waals surface area contributed by atoms with Crippen molar-refractivity contribution < 1.29 is 19.0 Å². The van der Waals surface area contributed by atoms with Gasteiger partial charge in [-0.3, -0.25) is 4.90 Å². The number of aliphatic hydroxyl groups is 1. The van der Waals surface area contributed by atoms with Crippen LogP contribution < -0.4 is 4.74 Å². The number of aromatic nitrogens is 2. The average molecular weight is 468 g/mol. The summed E-state index contributed by atoms with van der Waals surface area (Å²) in [6.07, 6.45) is 2.55. The van der Waals surface area contributed by atoms with Crippen LogP contribution in [0.2, 0.25) is 0 Å². The summed E-state index contributed by atoms with van der Waals surface area (Å²) < 4.78 is 27.9. The van der Waals surface area contributed by atoms with Crippen LogP contribution in [0.15, 0.2) is 54.6 Å². The Labute approximate surface area is 200 Å². The molecule has 1 saturated carbocycles. The van der Waals surface area contributed by atoms with E-state index in [1.165, 1.54) is 18.9 Å². The van der Waals surface area contributed by atoms with Crippen molar-refractivity contribution in [1.29, 1.82) is 0 Å². The molecular formula is C27H34FN3O3. The Morgan fingerprint density at radius 1 is 1.12 bits per heavy atom. The molecule has 4 rings (SSSR count). The molecule has 1 N–H and O–H groups in total. The maximum absolute atomic E-state index is 14.6. The van der Waals surface area contributed by atoms with Crippen molar-refractivity contribution in [1.82, 2.24) is 14.7 Å². The maximum atomic E-state index is 14.6. The van der Waals surface area contributed by atoms with Crippen molar-refractivity contribution in [2.45, 2.75) is 45.8 Å². The summed E-state index contributed by atoms with van der Waals surface area (Å²) in [7, 11) is 0. The smallest absolute Gasteiger partial charge is 0.227 e. The SMILES string of the molecule is CCOC[C@@H](O)CN(Cc1c(CC)nn(-c2ccccc2)c1Oc1ccccc1F)CC1CC1. The average Bonchev–Trinajstić information content (AvgIpc) is 3.60. The Kier molecular flexibility index (Phi) is 8.32. The van der Waals surface area contributed by atoms with Gasteiger partial charge in [-0.15, -0.1) is 0 Å². The third-order valence-electron chi connectivity index (χ3n) is 5.98. The Bertz CT molecular complexity index is 1050. The second-order valence-corrected chi connectivity index (χ2v) is 8.81. The molecule has 0 spiro atoms. The second-order valence-electron chi connectivity index (χ2n) is 8.81. The summed E-state index contributed by atoms with van der Waals surface area (Å²) in [6, 6.07) is 16.2. The zero-order valence-electron chi connectivity index (χ0n) is 20.0. The fourth-order valence-corrected chi connectivity index (χ4v) is 4.10. The van der Waals surface area contributed by atoms with E-state index in [1.807, 2.05) is 37.3 Å². The van der Waals surface area contributed by atoms with Gasteiger partial charge in [0.15, 0.2) is 11.6 Å². The molecule has 7 heteroatoms. The van der Waals surface area contributed by atoms with Crippen LogP contribution in [0.1, 0.15) is 37.9 Å². The molecular weight excluding hydrogens is 433 g/mol. The standard InChI is InChI=1S/C27H34FN3O3/c1-3-25-23(18-30(16-20-14-15-20)17-22(32)19-33-4-2)27(34-26-13-9-8-12-24(26)28)31(29-25)21-10-6-5-7-11-21/h5-13,20,22,32H,3-4,14-19H2,1-2H3/t22-/m0/s1. The maximum Gasteiger partial charge on any atom is 0.227 e. The zero-order chi connectivity index (χ0) is 23.9. The molecule has 1 aliphatic rings. The lowest BCUT2D eigenvalue weighted by molar-refractivity contribution is 0.0185. The number of ether oxygens (including phenoxy) is 2. The Morgan fingerprint density at radius 2 is 1.85 bits per heavy atom. The number of benzene rings is 2. The van der Waals surface area contributed by atoms with Gasteiger partial charge in [-0.05, 0) is 56.4 Å². The highest BCUT2D eigenvalue weighted by atomic mass is 19.1. The van der Waals surface area contributed by atoms with Gasteiger partial charge in [-0.2, -0.15) is 5.10 Å². The van der Waals surface area contributed by atoms with Gasteiger partial charge in [-0.1, -0.05) is 37.3 Å². The molecule has 34 heavy (non-hydrogen) atoms. The normalized spacial score (nSPS) is 14.5. The first-order chi connectivity index (χ1) is 16.6. The van der Waals surface area contributed by atoms with Crippen molar-refractivity contribution in [2.24, 2.45) is 5.92 Å². The Balaban J connectivity index is 1.70. The Hall–Kier alpha value is -2.74. The van der Waals surface area contributed by atoms with E-state index in [9.17, 15) is 9.50 Å². The largest absolute Gasteiger partial charge is 0.435 e. The number of aryl methyl sites for hydroxylation is 1. The number of rotatable bonds is 13. The predicted molar refractivity (Wildman–Crippen MR) is 130 cm³/mol. The first-order valence-corrected chi connectivity index (χ1v) is 12.2. The molecule has 1 aliphatic carbocycles. The van der Waals surface area contributed by atoms with E-state index in [0.29, 0.717) is 44.5 Å². The molecule has 1 fully saturated rings. The van der Waals surface area contributed by atoms with Crippen molar-refractivity contribution in [3.63, 3.8) is 0 Å². The molecule has 2 aromatic carbocycles. The molecule has 0 radical (unpaired) electrons. The lowest BCUT2D eigenvalue weighted by atomic mass is 10.1. The molecule has 182 valence electrons. The van der Waals surface area contributed by atoms with Crippen LogP contribution in [0.5, 0.6) is 11.6 Å². The molecule has 0 aliphatic heterocycles. The van der Waals surface area contributed by atoms with Crippen molar-refractivity contribution in [3.05, 3.63) is 71.7 Å². The van der Waals surface area contributed by atoms with Gasteiger partial charge < -0.3 is 14.6 Å². The van der Waals surface area contributed by atoms with Gasteiger partial charge in [0.05, 0.1) is 29.7 Å². The minimum absolute atomic E-state index is 0.161. The van der Waals surface area contributed by atoms with E-state index >= 15 is 0 Å². The molecule has 1 heterocycles. The second kappa shape index (κ2) is 11.6. The van der Waals surface area contributed by atoms with Gasteiger partial charge in [0, 0.05) is 26.2 Å². The highest BCUT2D eigenvalue weighted by Gasteiger charge is 2.29. The lowest BCUT2D eigenvalue weighted by Crippen LogP contribution is -2.36. The predicted octanol–water partition coefficient (Wildman–Crippen LogP) is 4.98. The molecule has 0 bridgehead atoms. The minimum Gasteiger partial charge on any atom is -0.435 e. The summed E-state index contributed by atoms with van der Waals surface area (Å²) in [5.74, 6) is 0.889. The van der Waals surface area contributed by atoms with E-state index in [-0.39, 0.29) is 5.75 Å². The van der Waals surface area contributed by atoms with Crippen LogP contribution in [-0.4, -0.2) is 52.2 Å². The van der Waals surface area contributed by atoms with Crippen LogP contribution in [0.4, 0.5) is 4.39 Å². The van der Waals surface area contributed by atoms with Gasteiger partial charge in [0.1, 0.15) is 0 Å². The molecule has 1 atom stereocenters. The molecule has 3 aromatic rings. The van der Waals surface area contributed by atoms with Crippen LogP contribution in [0.3, 0.4) is 0 Å². The van der Waals surface area contributed by atoms with Crippen molar-refractivity contribution in [2.75, 3.05) is 26.3 Å². The van der Waals surface area contributed by atoms with E-state index in [2.05, 4.69) is 11.8 Å². The summed E-state index contributed by atoms with van der Waals surface area (Å²) in [5, 5.41) is 15.4. The number of aliphatic hydroxyl groups excluding tert-OH is 1. The lowest BCUT2D eigenvalue weighted by Gasteiger charge is -2.25. The molecule has 0 unspecified atom stereocenters. The monoisotopic (exact) mass is 467 g/mol. The fourth-order valence-electron chi connectivity index (χ4n) is 4.10. The molecule has 1 aromatic heterocycles. The fraction of sp³-hybridized carbons (Fsp3) is 0.444. The first-order valence-electron chi connectivity index (χ1n) is 12.2. The van der Waals surface area contributed by atoms with E-state index in [1.54, 1.807) is 22.9 Å². The van der Waals surface area contributed by atoms with Gasteiger partial charge >= 0.3 is 0 Å². The van der Waals surface area contributed by atoms with Gasteiger partial charge in [0.25, 0.3) is 0 Å². The molecule has 6 nitrogen and oxygen atoms in total. The van der Waals surface area contributed by atoms with Crippen molar-refractivity contribution >= 4 is 0 Å². The molecule has 0 amide bonds. The summed E-state index contributed by atoms with van der Waals surface area (Å²) in [6.45, 7) is 6.80. The minimum atomic E-state index is -0.580. The summed E-state index contributed by atoms with van der Waals surface area (Å²) in [4.78, 5) is 2.25. The number of hydrogen-bond donors (Lipinski definition) is 1. The van der Waals surface area contributed by atoms with E-state index in [0.717, 1.165) is 23.5 Å².